The van der Waals surface area contributed by atoms with Crippen molar-refractivity contribution in [2.24, 2.45) is 5.92 Å². The lowest BCUT2D eigenvalue weighted by Crippen LogP contribution is -2.28. The van der Waals surface area contributed by atoms with Crippen molar-refractivity contribution in [3.05, 3.63) is 24.4 Å². The van der Waals surface area contributed by atoms with Crippen molar-refractivity contribution in [1.29, 1.82) is 0 Å². The summed E-state index contributed by atoms with van der Waals surface area (Å²) < 4.78 is 29.8. The van der Waals surface area contributed by atoms with Gasteiger partial charge in [-0.3, -0.25) is 4.40 Å². The van der Waals surface area contributed by atoms with Gasteiger partial charge in [0.15, 0.2) is 10.8 Å². The van der Waals surface area contributed by atoms with Gasteiger partial charge in [-0.2, -0.15) is 0 Å². The summed E-state index contributed by atoms with van der Waals surface area (Å²) in [6, 6.07) is 5.50. The Kier molecular flexibility index (Phi) is 3.62. The molecule has 2 atom stereocenters. The summed E-state index contributed by atoms with van der Waals surface area (Å²) in [6.07, 6.45) is 3.64. The van der Waals surface area contributed by atoms with E-state index in [1.807, 2.05) is 13.0 Å². The molecule has 1 saturated carbocycles. The second-order valence-corrected chi connectivity index (χ2v) is 6.99. The topological polar surface area (TPSA) is 75.5 Å². The zero-order chi connectivity index (χ0) is 15.0. The molecule has 2 unspecified atom stereocenters. The standard InChI is InChI=1S/C14H20N4O2S/c1-3-10-9-11(10)17-21(19,20)14-13(15-4-2)16-12-7-5-6-8-18(12)14/h5-8,10-11,15,17H,3-4,9H2,1-2H3. The van der Waals surface area contributed by atoms with Gasteiger partial charge in [-0.25, -0.2) is 18.1 Å². The molecule has 0 aromatic carbocycles. The molecule has 3 rings (SSSR count). The number of sulfonamides is 1. The number of imidazole rings is 1. The highest BCUT2D eigenvalue weighted by Gasteiger charge is 2.40. The lowest BCUT2D eigenvalue weighted by atomic mass is 10.3. The highest BCUT2D eigenvalue weighted by Crippen LogP contribution is 2.35. The monoisotopic (exact) mass is 308 g/mol. The summed E-state index contributed by atoms with van der Waals surface area (Å²) in [5.41, 5.74) is 0.622. The molecule has 0 bridgehead atoms. The van der Waals surface area contributed by atoms with Gasteiger partial charge < -0.3 is 5.32 Å². The first kappa shape index (κ1) is 14.3. The molecular formula is C14H20N4O2S. The first-order valence-electron chi connectivity index (χ1n) is 7.30. The number of nitrogens with zero attached hydrogens (tertiary/aromatic N) is 2. The molecule has 2 aromatic heterocycles. The fourth-order valence-electron chi connectivity index (χ4n) is 2.61. The van der Waals surface area contributed by atoms with Crippen LogP contribution in [0.3, 0.4) is 0 Å². The molecule has 6 nitrogen and oxygen atoms in total. The lowest BCUT2D eigenvalue weighted by Gasteiger charge is -2.08. The number of hydrogen-bond donors (Lipinski definition) is 2. The first-order valence-corrected chi connectivity index (χ1v) is 8.78. The maximum Gasteiger partial charge on any atom is 0.260 e. The van der Waals surface area contributed by atoms with E-state index >= 15 is 0 Å². The Morgan fingerprint density at radius 2 is 2.19 bits per heavy atom. The maximum atomic E-state index is 12.7. The SMILES string of the molecule is CCNc1nc2ccccn2c1S(=O)(=O)NC1CC1CC. The third-order valence-electron chi connectivity index (χ3n) is 3.84. The van der Waals surface area contributed by atoms with Crippen LogP contribution in [0.15, 0.2) is 29.4 Å². The number of aromatic nitrogens is 2. The fourth-order valence-corrected chi connectivity index (χ4v) is 4.20. The van der Waals surface area contributed by atoms with Gasteiger partial charge in [0.2, 0.25) is 0 Å². The molecule has 0 spiro atoms. The molecule has 1 aliphatic rings. The number of hydrogen-bond acceptors (Lipinski definition) is 4. The predicted octanol–water partition coefficient (Wildman–Crippen LogP) is 1.84. The molecule has 114 valence electrons. The van der Waals surface area contributed by atoms with Crippen LogP contribution >= 0.6 is 0 Å². The fraction of sp³-hybridized carbons (Fsp3) is 0.500. The molecule has 2 N–H and O–H groups in total. The number of anilines is 1. The largest absolute Gasteiger partial charge is 0.368 e. The highest BCUT2D eigenvalue weighted by molar-refractivity contribution is 7.89. The summed E-state index contributed by atoms with van der Waals surface area (Å²) in [4.78, 5) is 4.37. The van der Waals surface area contributed by atoms with Crippen molar-refractivity contribution in [1.82, 2.24) is 14.1 Å². The molecule has 0 radical (unpaired) electrons. The summed E-state index contributed by atoms with van der Waals surface area (Å²) in [5.74, 6) is 0.867. The molecular weight excluding hydrogens is 288 g/mol. The van der Waals surface area contributed by atoms with Crippen molar-refractivity contribution in [2.75, 3.05) is 11.9 Å². The van der Waals surface area contributed by atoms with Gasteiger partial charge in [0, 0.05) is 18.8 Å². The zero-order valence-electron chi connectivity index (χ0n) is 12.2. The van der Waals surface area contributed by atoms with Crippen molar-refractivity contribution in [2.45, 2.75) is 37.8 Å². The molecule has 1 fully saturated rings. The Morgan fingerprint density at radius 3 is 2.86 bits per heavy atom. The van der Waals surface area contributed by atoms with E-state index in [1.165, 1.54) is 0 Å². The Labute approximate surface area is 124 Å². The molecule has 0 saturated heterocycles. The maximum absolute atomic E-state index is 12.7. The van der Waals surface area contributed by atoms with Crippen LogP contribution in [-0.4, -0.2) is 30.4 Å². The van der Waals surface area contributed by atoms with Gasteiger partial charge in [0.1, 0.15) is 5.65 Å². The molecule has 2 heterocycles. The minimum absolute atomic E-state index is 0.0590. The Bertz CT molecular complexity index is 753. The van der Waals surface area contributed by atoms with E-state index in [2.05, 4.69) is 21.9 Å². The lowest BCUT2D eigenvalue weighted by molar-refractivity contribution is 0.571. The van der Waals surface area contributed by atoms with E-state index in [0.717, 1.165) is 12.8 Å². The van der Waals surface area contributed by atoms with Crippen molar-refractivity contribution in [3.63, 3.8) is 0 Å². The van der Waals surface area contributed by atoms with Crippen LogP contribution in [0, 0.1) is 5.92 Å². The number of rotatable bonds is 6. The first-order chi connectivity index (χ1) is 10.1. The van der Waals surface area contributed by atoms with Crippen molar-refractivity contribution < 1.29 is 8.42 Å². The normalized spacial score (nSPS) is 21.6. The van der Waals surface area contributed by atoms with E-state index < -0.39 is 10.0 Å². The summed E-state index contributed by atoms with van der Waals surface area (Å²) in [7, 11) is -3.59. The quantitative estimate of drug-likeness (QED) is 0.854. The van der Waals surface area contributed by atoms with Crippen molar-refractivity contribution >= 4 is 21.5 Å². The molecule has 0 aliphatic heterocycles. The van der Waals surface area contributed by atoms with Crippen LogP contribution in [0.1, 0.15) is 26.7 Å². The summed E-state index contributed by atoms with van der Waals surface area (Å²) in [5, 5.41) is 3.24. The number of fused-ring (bicyclic) bond motifs is 1. The van der Waals surface area contributed by atoms with Gasteiger partial charge in [0.05, 0.1) is 0 Å². The molecule has 2 aromatic rings. The second-order valence-electron chi connectivity index (χ2n) is 5.36. The van der Waals surface area contributed by atoms with Gasteiger partial charge >= 0.3 is 0 Å². The van der Waals surface area contributed by atoms with Crippen LogP contribution < -0.4 is 10.0 Å². The molecule has 0 amide bonds. The van der Waals surface area contributed by atoms with E-state index in [9.17, 15) is 8.42 Å². The van der Waals surface area contributed by atoms with Crippen LogP contribution in [-0.2, 0) is 10.0 Å². The second kappa shape index (κ2) is 5.31. The molecule has 7 heteroatoms. The van der Waals surface area contributed by atoms with Crippen LogP contribution in [0.2, 0.25) is 0 Å². The van der Waals surface area contributed by atoms with E-state index in [0.29, 0.717) is 23.9 Å². The Balaban J connectivity index is 2.03. The van der Waals surface area contributed by atoms with Gasteiger partial charge in [-0.1, -0.05) is 19.4 Å². The van der Waals surface area contributed by atoms with Crippen LogP contribution in [0.4, 0.5) is 5.82 Å². The molecule has 21 heavy (non-hydrogen) atoms. The Morgan fingerprint density at radius 1 is 1.38 bits per heavy atom. The number of pyridine rings is 1. The van der Waals surface area contributed by atoms with E-state index in [1.54, 1.807) is 22.7 Å². The van der Waals surface area contributed by atoms with Gasteiger partial charge in [0.25, 0.3) is 10.0 Å². The minimum Gasteiger partial charge on any atom is -0.368 e. The van der Waals surface area contributed by atoms with Gasteiger partial charge in [-0.05, 0) is 31.4 Å². The predicted molar refractivity (Wildman–Crippen MR) is 81.9 cm³/mol. The average molecular weight is 308 g/mol. The average Bonchev–Trinajstić information content (AvgIpc) is 3.07. The number of nitrogens with one attached hydrogen (secondary N) is 2. The third kappa shape index (κ3) is 2.63. The van der Waals surface area contributed by atoms with E-state index in [-0.39, 0.29) is 11.1 Å². The van der Waals surface area contributed by atoms with E-state index in [4.69, 9.17) is 0 Å². The van der Waals surface area contributed by atoms with Gasteiger partial charge in [-0.15, -0.1) is 0 Å². The van der Waals surface area contributed by atoms with Crippen LogP contribution in [0.25, 0.3) is 5.65 Å². The zero-order valence-corrected chi connectivity index (χ0v) is 13.0. The molecule has 1 aliphatic carbocycles. The highest BCUT2D eigenvalue weighted by atomic mass is 32.2. The Hall–Kier alpha value is -1.60. The van der Waals surface area contributed by atoms with Crippen molar-refractivity contribution in [3.8, 4) is 0 Å². The third-order valence-corrected chi connectivity index (χ3v) is 5.35. The minimum atomic E-state index is -3.59. The van der Waals surface area contributed by atoms with Crippen LogP contribution in [0.5, 0.6) is 0 Å². The summed E-state index contributed by atoms with van der Waals surface area (Å²) in [6.45, 7) is 4.62. The smallest absolute Gasteiger partial charge is 0.260 e. The summed E-state index contributed by atoms with van der Waals surface area (Å²) >= 11 is 0.